The Hall–Kier alpha value is -1.98. The topological polar surface area (TPSA) is 32.7 Å². The summed E-state index contributed by atoms with van der Waals surface area (Å²) in [5.41, 5.74) is 1.41. The van der Waals surface area contributed by atoms with Crippen LogP contribution in [0.5, 0.6) is 5.75 Å². The van der Waals surface area contributed by atoms with E-state index in [0.29, 0.717) is 18.7 Å². The van der Waals surface area contributed by atoms with Crippen LogP contribution in [0.2, 0.25) is 0 Å². The summed E-state index contributed by atoms with van der Waals surface area (Å²) in [4.78, 5) is 1.93. The second-order valence-corrected chi connectivity index (χ2v) is 6.49. The lowest BCUT2D eigenvalue weighted by atomic mass is 10.1. The van der Waals surface area contributed by atoms with E-state index in [1.54, 1.807) is 0 Å². The zero-order valence-electron chi connectivity index (χ0n) is 14.9. The van der Waals surface area contributed by atoms with Crippen molar-refractivity contribution < 1.29 is 18.6 Å². The Morgan fingerprint density at radius 3 is 2.48 bits per heavy atom. The second kappa shape index (κ2) is 8.92. The lowest BCUT2D eigenvalue weighted by molar-refractivity contribution is 0.0537. The molecular weight excluding hydrogens is 324 g/mol. The molecule has 5 heteroatoms. The van der Waals surface area contributed by atoms with Gasteiger partial charge in [-0.25, -0.2) is 8.78 Å². The van der Waals surface area contributed by atoms with Gasteiger partial charge in [-0.05, 0) is 38.5 Å². The van der Waals surface area contributed by atoms with E-state index in [9.17, 15) is 13.9 Å². The number of aliphatic hydroxyl groups is 1. The first-order valence-corrected chi connectivity index (χ1v) is 8.41. The summed E-state index contributed by atoms with van der Waals surface area (Å²) in [5, 5.41) is 10.3. The van der Waals surface area contributed by atoms with Crippen LogP contribution in [-0.2, 0) is 6.54 Å². The number of ether oxygens (including phenoxy) is 1. The summed E-state index contributed by atoms with van der Waals surface area (Å²) in [5.74, 6) is -0.428. The molecule has 0 amide bonds. The van der Waals surface area contributed by atoms with E-state index in [4.69, 9.17) is 4.74 Å². The molecular formula is C20H25F2NO2. The van der Waals surface area contributed by atoms with Crippen molar-refractivity contribution in [3.05, 3.63) is 65.2 Å². The summed E-state index contributed by atoms with van der Waals surface area (Å²) in [7, 11) is 0. The molecule has 0 fully saturated rings. The molecule has 1 atom stereocenters. The number of aliphatic hydroxyl groups excluding tert-OH is 1. The minimum atomic E-state index is -0.717. The largest absolute Gasteiger partial charge is 0.491 e. The summed E-state index contributed by atoms with van der Waals surface area (Å²) < 4.78 is 32.6. The molecule has 0 aromatic heterocycles. The molecule has 3 nitrogen and oxygen atoms in total. The van der Waals surface area contributed by atoms with Gasteiger partial charge in [0.1, 0.15) is 30.1 Å². The van der Waals surface area contributed by atoms with Gasteiger partial charge in [-0.2, -0.15) is 0 Å². The van der Waals surface area contributed by atoms with Gasteiger partial charge < -0.3 is 9.84 Å². The molecule has 2 rings (SSSR count). The molecule has 0 aliphatic heterocycles. The first-order chi connectivity index (χ1) is 11.9. The second-order valence-electron chi connectivity index (χ2n) is 6.49. The van der Waals surface area contributed by atoms with Gasteiger partial charge in [0.25, 0.3) is 0 Å². The van der Waals surface area contributed by atoms with E-state index in [1.807, 2.05) is 49.9 Å². The summed E-state index contributed by atoms with van der Waals surface area (Å²) in [6.45, 7) is 6.66. The van der Waals surface area contributed by atoms with Crippen molar-refractivity contribution in [3.63, 3.8) is 0 Å². The predicted molar refractivity (Wildman–Crippen MR) is 94.6 cm³/mol. The maximum absolute atomic E-state index is 13.9. The van der Waals surface area contributed by atoms with E-state index >= 15 is 0 Å². The fourth-order valence-corrected chi connectivity index (χ4v) is 2.55. The molecule has 0 unspecified atom stereocenters. The molecule has 2 aromatic rings. The van der Waals surface area contributed by atoms with E-state index in [-0.39, 0.29) is 12.6 Å². The van der Waals surface area contributed by atoms with Crippen LogP contribution in [0.4, 0.5) is 8.78 Å². The fourth-order valence-electron chi connectivity index (χ4n) is 2.55. The zero-order chi connectivity index (χ0) is 18.4. The summed E-state index contributed by atoms with van der Waals surface area (Å²) in [6, 6.07) is 11.3. The number of halogens is 2. The lowest BCUT2D eigenvalue weighted by Gasteiger charge is -2.29. The molecule has 0 aliphatic carbocycles. The highest BCUT2D eigenvalue weighted by Crippen LogP contribution is 2.17. The monoisotopic (exact) mass is 349 g/mol. The summed E-state index contributed by atoms with van der Waals surface area (Å²) >= 11 is 0. The highest BCUT2D eigenvalue weighted by atomic mass is 19.1. The molecule has 2 aromatic carbocycles. The molecule has 0 aliphatic rings. The average molecular weight is 349 g/mol. The molecule has 0 saturated carbocycles. The van der Waals surface area contributed by atoms with Crippen LogP contribution in [-0.4, -0.2) is 35.3 Å². The van der Waals surface area contributed by atoms with Crippen LogP contribution in [0.15, 0.2) is 42.5 Å². The molecule has 0 spiro atoms. The maximum Gasteiger partial charge on any atom is 0.130 e. The lowest BCUT2D eigenvalue weighted by Crippen LogP contribution is -2.39. The van der Waals surface area contributed by atoms with Crippen molar-refractivity contribution >= 4 is 0 Å². The van der Waals surface area contributed by atoms with E-state index in [1.165, 1.54) is 12.1 Å². The first-order valence-electron chi connectivity index (χ1n) is 8.41. The van der Waals surface area contributed by atoms with Crippen LogP contribution in [0.3, 0.4) is 0 Å². The van der Waals surface area contributed by atoms with Crippen LogP contribution in [0.25, 0.3) is 0 Å². The van der Waals surface area contributed by atoms with Crippen LogP contribution in [0.1, 0.15) is 25.0 Å². The highest BCUT2D eigenvalue weighted by molar-refractivity contribution is 5.31. The van der Waals surface area contributed by atoms with Gasteiger partial charge >= 0.3 is 0 Å². The number of para-hydroxylation sites is 1. The average Bonchev–Trinajstić information content (AvgIpc) is 2.55. The van der Waals surface area contributed by atoms with Crippen molar-refractivity contribution in [1.82, 2.24) is 4.90 Å². The Balaban J connectivity index is 1.95. The van der Waals surface area contributed by atoms with Crippen LogP contribution < -0.4 is 4.74 Å². The van der Waals surface area contributed by atoms with Gasteiger partial charge in [-0.3, -0.25) is 4.90 Å². The van der Waals surface area contributed by atoms with Gasteiger partial charge in [0.2, 0.25) is 0 Å². The Labute approximate surface area is 147 Å². The van der Waals surface area contributed by atoms with Crippen molar-refractivity contribution in [2.24, 2.45) is 0 Å². The van der Waals surface area contributed by atoms with Gasteiger partial charge in [0.15, 0.2) is 0 Å². The Kier molecular flexibility index (Phi) is 6.91. The number of rotatable bonds is 8. The normalized spacial score (nSPS) is 12.6. The van der Waals surface area contributed by atoms with Crippen LogP contribution in [0, 0.1) is 18.6 Å². The smallest absolute Gasteiger partial charge is 0.130 e. The number of aryl methyl sites for hydroxylation is 1. The Morgan fingerprint density at radius 2 is 1.84 bits per heavy atom. The van der Waals surface area contributed by atoms with Gasteiger partial charge in [-0.15, -0.1) is 0 Å². The van der Waals surface area contributed by atoms with Crippen molar-refractivity contribution in [1.29, 1.82) is 0 Å². The SMILES string of the molecule is Cc1ccccc1OC[C@H](O)CN(Cc1ccc(F)cc1F)C(C)C. The van der Waals surface area contributed by atoms with E-state index < -0.39 is 17.7 Å². The Morgan fingerprint density at radius 1 is 1.12 bits per heavy atom. The number of benzene rings is 2. The molecule has 0 radical (unpaired) electrons. The molecule has 0 bridgehead atoms. The van der Waals surface area contributed by atoms with E-state index in [2.05, 4.69) is 0 Å². The number of hydrogen-bond donors (Lipinski definition) is 1. The van der Waals surface area contributed by atoms with Crippen LogP contribution >= 0.6 is 0 Å². The quantitative estimate of drug-likeness (QED) is 0.784. The van der Waals surface area contributed by atoms with Gasteiger partial charge in [-0.1, -0.05) is 24.3 Å². The third-order valence-corrected chi connectivity index (χ3v) is 4.09. The minimum absolute atomic E-state index is 0.0950. The minimum Gasteiger partial charge on any atom is -0.491 e. The molecule has 136 valence electrons. The first kappa shape index (κ1) is 19.3. The van der Waals surface area contributed by atoms with E-state index in [0.717, 1.165) is 17.4 Å². The van der Waals surface area contributed by atoms with Gasteiger partial charge in [0, 0.05) is 30.8 Å². The zero-order valence-corrected chi connectivity index (χ0v) is 14.9. The number of hydrogen-bond acceptors (Lipinski definition) is 3. The highest BCUT2D eigenvalue weighted by Gasteiger charge is 2.18. The molecule has 25 heavy (non-hydrogen) atoms. The van der Waals surface area contributed by atoms with Crippen molar-refractivity contribution in [2.75, 3.05) is 13.2 Å². The van der Waals surface area contributed by atoms with Gasteiger partial charge in [0.05, 0.1) is 0 Å². The standard InChI is InChI=1S/C20H25F2NO2/c1-14(2)23(11-16-8-9-17(21)10-19(16)22)12-18(24)13-25-20-7-5-4-6-15(20)3/h4-10,14,18,24H,11-13H2,1-3H3/t18-/m1/s1. The van der Waals surface area contributed by atoms with Crippen molar-refractivity contribution in [3.8, 4) is 5.75 Å². The summed E-state index contributed by atoms with van der Waals surface area (Å²) in [6.07, 6.45) is -0.717. The third kappa shape index (κ3) is 5.80. The molecule has 0 heterocycles. The van der Waals surface area contributed by atoms with Crippen molar-refractivity contribution in [2.45, 2.75) is 39.5 Å². The Bertz CT molecular complexity index is 691. The number of nitrogens with zero attached hydrogens (tertiary/aromatic N) is 1. The third-order valence-electron chi connectivity index (χ3n) is 4.09. The molecule has 1 N–H and O–H groups in total. The predicted octanol–water partition coefficient (Wildman–Crippen LogP) is 3.92. The molecule has 0 saturated heterocycles. The maximum atomic E-state index is 13.9. The fraction of sp³-hybridized carbons (Fsp3) is 0.400.